The first-order valence-electron chi connectivity index (χ1n) is 7.92. The van der Waals surface area contributed by atoms with Gasteiger partial charge in [-0.1, -0.05) is 25.3 Å². The molecule has 0 atom stereocenters. The molecule has 1 aliphatic rings. The van der Waals surface area contributed by atoms with E-state index < -0.39 is 0 Å². The molecule has 120 valence electrons. The molecule has 0 radical (unpaired) electrons. The highest BCUT2D eigenvalue weighted by molar-refractivity contribution is 5.94. The average molecular weight is 303 g/mol. The van der Waals surface area contributed by atoms with Gasteiger partial charge in [-0.25, -0.2) is 0 Å². The maximum absolute atomic E-state index is 12.2. The number of likely N-dealkylation sites (N-methyl/N-ethyl adjacent to an activating group) is 1. The van der Waals surface area contributed by atoms with Gasteiger partial charge < -0.3 is 10.6 Å². The number of carbonyl (C=O) groups excluding carboxylic acids is 2. The molecular formula is C17H25N3O2. The van der Waals surface area contributed by atoms with Gasteiger partial charge in [-0.2, -0.15) is 0 Å². The molecule has 5 nitrogen and oxygen atoms in total. The number of hydrogen-bond acceptors (Lipinski definition) is 3. The van der Waals surface area contributed by atoms with Gasteiger partial charge in [0, 0.05) is 24.3 Å². The van der Waals surface area contributed by atoms with Crippen molar-refractivity contribution in [3.63, 3.8) is 0 Å². The van der Waals surface area contributed by atoms with Crippen LogP contribution >= 0.6 is 0 Å². The number of nitrogens with one attached hydrogen (secondary N) is 2. The number of hydrogen-bond donors (Lipinski definition) is 2. The van der Waals surface area contributed by atoms with E-state index in [1.165, 1.54) is 39.0 Å². The zero-order valence-electron chi connectivity index (χ0n) is 13.4. The van der Waals surface area contributed by atoms with Crippen LogP contribution in [0.1, 0.15) is 39.0 Å². The van der Waals surface area contributed by atoms with Crippen LogP contribution in [0, 0.1) is 0 Å². The van der Waals surface area contributed by atoms with Gasteiger partial charge in [-0.3, -0.25) is 14.5 Å². The normalized spacial score (nSPS) is 15.6. The van der Waals surface area contributed by atoms with Crippen molar-refractivity contribution in [2.75, 3.05) is 24.2 Å². The summed E-state index contributed by atoms with van der Waals surface area (Å²) < 4.78 is 0. The molecule has 0 aliphatic heterocycles. The fourth-order valence-electron chi connectivity index (χ4n) is 2.96. The van der Waals surface area contributed by atoms with Crippen LogP contribution in [0.25, 0.3) is 0 Å². The maximum atomic E-state index is 12.2. The van der Waals surface area contributed by atoms with Gasteiger partial charge in [0.25, 0.3) is 0 Å². The Bertz CT molecular complexity index is 524. The zero-order valence-corrected chi connectivity index (χ0v) is 13.4. The summed E-state index contributed by atoms with van der Waals surface area (Å²) in [5.41, 5.74) is 1.39. The minimum absolute atomic E-state index is 0.0203. The maximum Gasteiger partial charge on any atom is 0.238 e. The summed E-state index contributed by atoms with van der Waals surface area (Å²) in [5.74, 6) is -0.145. The minimum atomic E-state index is -0.125. The van der Waals surface area contributed by atoms with Gasteiger partial charge in [-0.05, 0) is 38.1 Å². The largest absolute Gasteiger partial charge is 0.326 e. The molecule has 1 aromatic rings. The highest BCUT2D eigenvalue weighted by Gasteiger charge is 2.19. The molecule has 0 aromatic heterocycles. The molecule has 22 heavy (non-hydrogen) atoms. The summed E-state index contributed by atoms with van der Waals surface area (Å²) in [7, 11) is 2.02. The summed E-state index contributed by atoms with van der Waals surface area (Å²) in [4.78, 5) is 25.4. The monoisotopic (exact) mass is 303 g/mol. The van der Waals surface area contributed by atoms with Crippen molar-refractivity contribution in [1.82, 2.24) is 4.90 Å². The average Bonchev–Trinajstić information content (AvgIpc) is 2.47. The lowest BCUT2D eigenvalue weighted by Gasteiger charge is -2.30. The van der Waals surface area contributed by atoms with Gasteiger partial charge >= 0.3 is 0 Å². The van der Waals surface area contributed by atoms with E-state index in [1.807, 2.05) is 19.2 Å². The second-order valence-electron chi connectivity index (χ2n) is 6.02. The van der Waals surface area contributed by atoms with E-state index in [2.05, 4.69) is 15.5 Å². The summed E-state index contributed by atoms with van der Waals surface area (Å²) in [6.45, 7) is 1.86. The number of nitrogens with zero attached hydrogens (tertiary/aromatic N) is 1. The van der Waals surface area contributed by atoms with Crippen LogP contribution in [0.15, 0.2) is 24.3 Å². The molecular weight excluding hydrogens is 278 g/mol. The fraction of sp³-hybridized carbons (Fsp3) is 0.529. The Morgan fingerprint density at radius 3 is 2.41 bits per heavy atom. The molecule has 5 heteroatoms. The molecule has 2 amide bonds. The number of benzene rings is 1. The molecule has 0 unspecified atom stereocenters. The number of amides is 2. The summed E-state index contributed by atoms with van der Waals surface area (Å²) >= 11 is 0. The summed E-state index contributed by atoms with van der Waals surface area (Å²) in [6.07, 6.45) is 6.20. The Labute approximate surface area is 132 Å². The number of anilines is 2. The van der Waals surface area contributed by atoms with Gasteiger partial charge in [0.2, 0.25) is 11.8 Å². The lowest BCUT2D eigenvalue weighted by Crippen LogP contribution is -2.39. The third kappa shape index (κ3) is 5.15. The summed E-state index contributed by atoms with van der Waals surface area (Å²) in [5, 5.41) is 5.60. The Balaban J connectivity index is 1.87. The first kappa shape index (κ1) is 16.5. The Hall–Kier alpha value is -1.88. The van der Waals surface area contributed by atoms with Crippen LogP contribution in [-0.4, -0.2) is 36.3 Å². The topological polar surface area (TPSA) is 61.4 Å². The molecule has 2 N–H and O–H groups in total. The predicted octanol–water partition coefficient (Wildman–Crippen LogP) is 2.85. The number of rotatable bonds is 5. The van der Waals surface area contributed by atoms with Gasteiger partial charge in [0.1, 0.15) is 0 Å². The standard InChI is InChI=1S/C17H25N3O2/c1-13(21)18-14-7-6-8-15(11-14)19-17(22)12-20(2)16-9-4-3-5-10-16/h6-8,11,16H,3-5,9-10,12H2,1-2H3,(H,18,21)(H,19,22). The lowest BCUT2D eigenvalue weighted by molar-refractivity contribution is -0.117. The van der Waals surface area contributed by atoms with E-state index in [0.717, 1.165) is 0 Å². The lowest BCUT2D eigenvalue weighted by atomic mass is 9.94. The van der Waals surface area contributed by atoms with Crippen LogP contribution in [-0.2, 0) is 9.59 Å². The molecule has 1 aromatic carbocycles. The highest BCUT2D eigenvalue weighted by Crippen LogP contribution is 2.21. The van der Waals surface area contributed by atoms with Crippen molar-refractivity contribution in [2.45, 2.75) is 45.1 Å². The molecule has 0 saturated heterocycles. The Kier molecular flexibility index (Phi) is 5.95. The second-order valence-corrected chi connectivity index (χ2v) is 6.02. The van der Waals surface area contributed by atoms with Crippen molar-refractivity contribution in [3.05, 3.63) is 24.3 Å². The van der Waals surface area contributed by atoms with E-state index in [1.54, 1.807) is 12.1 Å². The summed E-state index contributed by atoms with van der Waals surface area (Å²) in [6, 6.07) is 7.71. The zero-order chi connectivity index (χ0) is 15.9. The molecule has 0 spiro atoms. The van der Waals surface area contributed by atoms with Crippen LogP contribution in [0.4, 0.5) is 11.4 Å². The van der Waals surface area contributed by atoms with Crippen LogP contribution < -0.4 is 10.6 Å². The van der Waals surface area contributed by atoms with Gasteiger partial charge in [0.05, 0.1) is 6.54 Å². The minimum Gasteiger partial charge on any atom is -0.326 e. The molecule has 0 bridgehead atoms. The second kappa shape index (κ2) is 7.94. The first-order valence-corrected chi connectivity index (χ1v) is 7.92. The van der Waals surface area contributed by atoms with Crippen molar-refractivity contribution < 1.29 is 9.59 Å². The highest BCUT2D eigenvalue weighted by atomic mass is 16.2. The molecule has 2 rings (SSSR count). The van der Waals surface area contributed by atoms with E-state index in [-0.39, 0.29) is 11.8 Å². The predicted molar refractivity (Wildman–Crippen MR) is 88.9 cm³/mol. The Morgan fingerprint density at radius 1 is 1.14 bits per heavy atom. The quantitative estimate of drug-likeness (QED) is 0.879. The SMILES string of the molecule is CC(=O)Nc1cccc(NC(=O)CN(C)C2CCCCC2)c1. The van der Waals surface area contributed by atoms with E-state index in [9.17, 15) is 9.59 Å². The smallest absolute Gasteiger partial charge is 0.238 e. The third-order valence-electron chi connectivity index (χ3n) is 4.06. The van der Waals surface area contributed by atoms with Crippen molar-refractivity contribution in [1.29, 1.82) is 0 Å². The van der Waals surface area contributed by atoms with Crippen molar-refractivity contribution in [2.24, 2.45) is 0 Å². The molecule has 1 aliphatic carbocycles. The Morgan fingerprint density at radius 2 is 1.77 bits per heavy atom. The van der Waals surface area contributed by atoms with E-state index >= 15 is 0 Å². The molecule has 0 heterocycles. The molecule has 1 saturated carbocycles. The number of carbonyl (C=O) groups is 2. The third-order valence-corrected chi connectivity index (χ3v) is 4.06. The fourth-order valence-corrected chi connectivity index (χ4v) is 2.96. The van der Waals surface area contributed by atoms with Crippen LogP contribution in [0.3, 0.4) is 0 Å². The van der Waals surface area contributed by atoms with Crippen molar-refractivity contribution >= 4 is 23.2 Å². The van der Waals surface area contributed by atoms with Crippen molar-refractivity contribution in [3.8, 4) is 0 Å². The van der Waals surface area contributed by atoms with Gasteiger partial charge in [0.15, 0.2) is 0 Å². The van der Waals surface area contributed by atoms with E-state index in [0.29, 0.717) is 24.0 Å². The van der Waals surface area contributed by atoms with Crippen LogP contribution in [0.5, 0.6) is 0 Å². The molecule has 1 fully saturated rings. The first-order chi connectivity index (χ1) is 10.5. The van der Waals surface area contributed by atoms with Gasteiger partial charge in [-0.15, -0.1) is 0 Å². The van der Waals surface area contributed by atoms with Crippen LogP contribution in [0.2, 0.25) is 0 Å². The van der Waals surface area contributed by atoms with E-state index in [4.69, 9.17) is 0 Å².